The van der Waals surface area contributed by atoms with E-state index in [0.29, 0.717) is 5.69 Å². The molecule has 0 unspecified atom stereocenters. The molecule has 0 aromatic heterocycles. The Balaban J connectivity index is 1.61. The number of hydrogen-bond donors (Lipinski definition) is 1. The van der Waals surface area contributed by atoms with E-state index in [2.05, 4.69) is 5.32 Å². The molecule has 1 aliphatic rings. The molecular weight excluding hydrogens is 362 g/mol. The number of carbonyl (C=O) groups excluding carboxylic acids is 4. The van der Waals surface area contributed by atoms with Gasteiger partial charge in [0.1, 0.15) is 12.6 Å². The van der Waals surface area contributed by atoms with Gasteiger partial charge in [-0.15, -0.1) is 0 Å². The monoisotopic (exact) mass is 377 g/mol. The van der Waals surface area contributed by atoms with Crippen LogP contribution in [0.4, 0.5) is 5.69 Å². The molecule has 1 atom stereocenters. The summed E-state index contributed by atoms with van der Waals surface area (Å²) in [6.07, 6.45) is -1.19. The number of benzene rings is 2. The maximum absolute atomic E-state index is 12.3. The number of ether oxygens (including phenoxy) is 1. The molecule has 2 aromatic rings. The molecule has 0 spiro atoms. The maximum atomic E-state index is 12.3. The molecule has 8 nitrogen and oxygen atoms in total. The third-order valence-corrected chi connectivity index (χ3v) is 4.15. The standard InChI is InChI=1S/C20H15N3O5/c1-12(18(25)22-16-9-5-2-6-13(16)10-21)28-17(24)11-23-19(26)14-7-3-4-8-15(14)20(23)27/h2-9,12H,11H2,1H3,(H,22,25)/t12-/m0/s1. The normalized spacial score (nSPS) is 13.5. The summed E-state index contributed by atoms with van der Waals surface area (Å²) in [6, 6.07) is 14.6. The van der Waals surface area contributed by atoms with Crippen molar-refractivity contribution < 1.29 is 23.9 Å². The third-order valence-electron chi connectivity index (χ3n) is 4.15. The highest BCUT2D eigenvalue weighted by Crippen LogP contribution is 2.22. The van der Waals surface area contributed by atoms with E-state index < -0.39 is 36.3 Å². The van der Waals surface area contributed by atoms with Crippen LogP contribution in [0.5, 0.6) is 0 Å². The van der Waals surface area contributed by atoms with Gasteiger partial charge in [0, 0.05) is 0 Å². The lowest BCUT2D eigenvalue weighted by Gasteiger charge is -2.17. The largest absolute Gasteiger partial charge is 0.451 e. The summed E-state index contributed by atoms with van der Waals surface area (Å²) in [7, 11) is 0. The van der Waals surface area contributed by atoms with Crippen molar-refractivity contribution in [3.63, 3.8) is 0 Å². The molecule has 1 aliphatic heterocycles. The van der Waals surface area contributed by atoms with E-state index in [1.807, 2.05) is 6.07 Å². The van der Waals surface area contributed by atoms with Gasteiger partial charge in [-0.2, -0.15) is 5.26 Å². The van der Waals surface area contributed by atoms with Gasteiger partial charge >= 0.3 is 5.97 Å². The second-order valence-corrected chi connectivity index (χ2v) is 6.02. The first-order valence-electron chi connectivity index (χ1n) is 8.37. The number of para-hydroxylation sites is 1. The average Bonchev–Trinajstić information content (AvgIpc) is 2.93. The predicted molar refractivity (Wildman–Crippen MR) is 97.1 cm³/mol. The maximum Gasteiger partial charge on any atom is 0.326 e. The summed E-state index contributed by atoms with van der Waals surface area (Å²) in [6.45, 7) is 0.753. The van der Waals surface area contributed by atoms with Crippen LogP contribution in [0.1, 0.15) is 33.2 Å². The van der Waals surface area contributed by atoms with Crippen LogP contribution in [0.2, 0.25) is 0 Å². The first kappa shape index (κ1) is 18.8. The molecule has 0 fully saturated rings. The topological polar surface area (TPSA) is 117 Å². The van der Waals surface area contributed by atoms with Crippen LogP contribution >= 0.6 is 0 Å². The number of fused-ring (bicyclic) bond motifs is 1. The van der Waals surface area contributed by atoms with Crippen molar-refractivity contribution in [3.8, 4) is 6.07 Å². The summed E-state index contributed by atoms with van der Waals surface area (Å²) in [5.41, 5.74) is 0.997. The molecule has 3 rings (SSSR count). The minimum Gasteiger partial charge on any atom is -0.451 e. The number of imide groups is 1. The lowest BCUT2D eigenvalue weighted by Crippen LogP contribution is -2.38. The van der Waals surface area contributed by atoms with E-state index in [9.17, 15) is 19.2 Å². The molecular formula is C20H15N3O5. The van der Waals surface area contributed by atoms with Crippen LogP contribution in [-0.2, 0) is 14.3 Å². The Labute approximate surface area is 160 Å². The van der Waals surface area contributed by atoms with Crippen molar-refractivity contribution in [1.82, 2.24) is 4.90 Å². The van der Waals surface area contributed by atoms with Crippen LogP contribution in [0.25, 0.3) is 0 Å². The fourth-order valence-corrected chi connectivity index (χ4v) is 2.72. The number of nitriles is 1. The van der Waals surface area contributed by atoms with Crippen molar-refractivity contribution in [3.05, 3.63) is 65.2 Å². The molecule has 2 aromatic carbocycles. The second-order valence-electron chi connectivity index (χ2n) is 6.02. The predicted octanol–water partition coefficient (Wildman–Crippen LogP) is 1.72. The fourth-order valence-electron chi connectivity index (χ4n) is 2.72. The molecule has 0 aliphatic carbocycles. The van der Waals surface area contributed by atoms with Gasteiger partial charge < -0.3 is 10.1 Å². The summed E-state index contributed by atoms with van der Waals surface area (Å²) in [5.74, 6) is -2.71. The Bertz CT molecular complexity index is 989. The van der Waals surface area contributed by atoms with Gasteiger partial charge in [-0.3, -0.25) is 24.1 Å². The van der Waals surface area contributed by atoms with Gasteiger partial charge in [-0.25, -0.2) is 0 Å². The van der Waals surface area contributed by atoms with E-state index in [1.165, 1.54) is 25.1 Å². The Hall–Kier alpha value is -3.99. The number of amides is 3. The number of rotatable bonds is 5. The SMILES string of the molecule is C[C@H](OC(=O)CN1C(=O)c2ccccc2C1=O)C(=O)Nc1ccccc1C#N. The molecule has 3 amide bonds. The van der Waals surface area contributed by atoms with Crippen molar-refractivity contribution in [2.45, 2.75) is 13.0 Å². The zero-order valence-electron chi connectivity index (χ0n) is 14.8. The minimum atomic E-state index is -1.19. The van der Waals surface area contributed by atoms with Crippen LogP contribution in [0.3, 0.4) is 0 Å². The van der Waals surface area contributed by atoms with Gasteiger partial charge in [0.25, 0.3) is 17.7 Å². The molecule has 1 N–H and O–H groups in total. The molecule has 8 heteroatoms. The van der Waals surface area contributed by atoms with E-state index in [-0.39, 0.29) is 16.7 Å². The Morgan fingerprint density at radius 1 is 1.07 bits per heavy atom. The summed E-state index contributed by atoms with van der Waals surface area (Å²) < 4.78 is 5.04. The van der Waals surface area contributed by atoms with E-state index in [0.717, 1.165) is 4.90 Å². The Kier molecular flexibility index (Phi) is 5.18. The smallest absolute Gasteiger partial charge is 0.326 e. The molecule has 0 saturated carbocycles. The lowest BCUT2D eigenvalue weighted by atomic mass is 10.1. The van der Waals surface area contributed by atoms with Crippen LogP contribution in [-0.4, -0.2) is 41.2 Å². The molecule has 1 heterocycles. The van der Waals surface area contributed by atoms with Gasteiger partial charge in [-0.1, -0.05) is 24.3 Å². The Morgan fingerprint density at radius 2 is 1.64 bits per heavy atom. The van der Waals surface area contributed by atoms with Crippen LogP contribution < -0.4 is 5.32 Å². The third kappa shape index (κ3) is 3.59. The van der Waals surface area contributed by atoms with Gasteiger partial charge in [0.05, 0.1) is 22.4 Å². The van der Waals surface area contributed by atoms with Gasteiger partial charge in [-0.05, 0) is 31.2 Å². The number of anilines is 1. The fraction of sp³-hybridized carbons (Fsp3) is 0.150. The number of nitrogens with one attached hydrogen (secondary N) is 1. The molecule has 140 valence electrons. The van der Waals surface area contributed by atoms with Crippen LogP contribution in [0, 0.1) is 11.3 Å². The van der Waals surface area contributed by atoms with Crippen molar-refractivity contribution >= 4 is 29.4 Å². The zero-order chi connectivity index (χ0) is 20.3. The number of carbonyl (C=O) groups is 4. The Morgan fingerprint density at radius 3 is 2.25 bits per heavy atom. The zero-order valence-corrected chi connectivity index (χ0v) is 14.8. The molecule has 0 bridgehead atoms. The lowest BCUT2D eigenvalue weighted by molar-refractivity contribution is -0.153. The van der Waals surface area contributed by atoms with Gasteiger partial charge in [0.15, 0.2) is 6.10 Å². The highest BCUT2D eigenvalue weighted by atomic mass is 16.5. The van der Waals surface area contributed by atoms with Crippen molar-refractivity contribution in [2.75, 3.05) is 11.9 Å². The number of hydrogen-bond acceptors (Lipinski definition) is 6. The summed E-state index contributed by atoms with van der Waals surface area (Å²) in [5, 5.41) is 11.5. The summed E-state index contributed by atoms with van der Waals surface area (Å²) >= 11 is 0. The quantitative estimate of drug-likeness (QED) is 0.626. The van der Waals surface area contributed by atoms with E-state index in [4.69, 9.17) is 10.00 Å². The number of nitrogens with zero attached hydrogens (tertiary/aromatic N) is 2. The second kappa shape index (κ2) is 7.72. The molecule has 0 saturated heterocycles. The summed E-state index contributed by atoms with van der Waals surface area (Å²) in [4.78, 5) is 49.6. The number of esters is 1. The van der Waals surface area contributed by atoms with Crippen LogP contribution in [0.15, 0.2) is 48.5 Å². The van der Waals surface area contributed by atoms with E-state index >= 15 is 0 Å². The first-order chi connectivity index (χ1) is 13.4. The highest BCUT2D eigenvalue weighted by molar-refractivity contribution is 6.22. The first-order valence-corrected chi connectivity index (χ1v) is 8.37. The molecule has 28 heavy (non-hydrogen) atoms. The minimum absolute atomic E-state index is 0.221. The van der Waals surface area contributed by atoms with Gasteiger partial charge in [0.2, 0.25) is 0 Å². The van der Waals surface area contributed by atoms with E-state index in [1.54, 1.807) is 30.3 Å². The highest BCUT2D eigenvalue weighted by Gasteiger charge is 2.37. The average molecular weight is 377 g/mol. The van der Waals surface area contributed by atoms with Crippen molar-refractivity contribution in [2.24, 2.45) is 0 Å². The van der Waals surface area contributed by atoms with Crippen molar-refractivity contribution in [1.29, 1.82) is 5.26 Å². The molecule has 0 radical (unpaired) electrons.